The number of amides is 1. The van der Waals surface area contributed by atoms with Crippen LogP contribution in [-0.2, 0) is 0 Å². The lowest BCUT2D eigenvalue weighted by Crippen LogP contribution is -2.17. The third kappa shape index (κ3) is 3.09. The summed E-state index contributed by atoms with van der Waals surface area (Å²) in [6.07, 6.45) is 1.12. The van der Waals surface area contributed by atoms with Gasteiger partial charge in [-0.25, -0.2) is 5.43 Å². The molecule has 0 fully saturated rings. The lowest BCUT2D eigenvalue weighted by molar-refractivity contribution is -0.384. The molecule has 9 heteroatoms. The number of nitrogens with zero attached hydrogens (tertiary/aromatic N) is 2. The van der Waals surface area contributed by atoms with Gasteiger partial charge in [0.05, 0.1) is 11.1 Å². The summed E-state index contributed by atoms with van der Waals surface area (Å²) in [6, 6.07) is 8.15. The first kappa shape index (κ1) is 15.3. The van der Waals surface area contributed by atoms with Crippen molar-refractivity contribution >= 4 is 17.8 Å². The van der Waals surface area contributed by atoms with Crippen LogP contribution in [0, 0.1) is 10.1 Å². The smallest absolute Gasteiger partial charge is 0.271 e. The maximum Gasteiger partial charge on any atom is 0.271 e. The van der Waals surface area contributed by atoms with Gasteiger partial charge in [-0.05, 0) is 24.3 Å². The Morgan fingerprint density at radius 1 is 1.25 bits per heavy atom. The summed E-state index contributed by atoms with van der Waals surface area (Å²) < 4.78 is 10.3. The molecule has 2 aromatic rings. The van der Waals surface area contributed by atoms with Gasteiger partial charge in [0.25, 0.3) is 11.6 Å². The number of nitrogens with one attached hydrogen (secondary N) is 1. The van der Waals surface area contributed by atoms with Gasteiger partial charge in [-0.2, -0.15) is 5.10 Å². The molecule has 2 N–H and O–H groups in total. The van der Waals surface area contributed by atoms with E-state index >= 15 is 0 Å². The fraction of sp³-hybridized carbons (Fsp3) is 0.0667. The quantitative estimate of drug-likeness (QED) is 0.501. The molecular weight excluding hydrogens is 318 g/mol. The second-order valence-electron chi connectivity index (χ2n) is 4.77. The van der Waals surface area contributed by atoms with Gasteiger partial charge in [0.1, 0.15) is 5.75 Å². The van der Waals surface area contributed by atoms with E-state index < -0.39 is 10.8 Å². The van der Waals surface area contributed by atoms with Crippen molar-refractivity contribution in [3.63, 3.8) is 0 Å². The minimum atomic E-state index is -0.595. The Morgan fingerprint density at radius 3 is 2.83 bits per heavy atom. The number of benzene rings is 2. The number of ether oxygens (including phenoxy) is 2. The van der Waals surface area contributed by atoms with Crippen LogP contribution >= 0.6 is 0 Å². The van der Waals surface area contributed by atoms with Crippen LogP contribution in [0.15, 0.2) is 41.5 Å². The second-order valence-corrected chi connectivity index (χ2v) is 4.77. The van der Waals surface area contributed by atoms with E-state index in [0.29, 0.717) is 17.1 Å². The lowest BCUT2D eigenvalue weighted by atomic mass is 10.2. The summed E-state index contributed by atoms with van der Waals surface area (Å²) in [5, 5.41) is 24.1. The van der Waals surface area contributed by atoms with Gasteiger partial charge < -0.3 is 14.6 Å². The molecule has 1 aliphatic heterocycles. The number of non-ortho nitro benzene ring substituents is 1. The predicted octanol–water partition coefficient (Wildman–Crippen LogP) is 1.79. The van der Waals surface area contributed by atoms with E-state index in [1.54, 1.807) is 12.1 Å². The summed E-state index contributed by atoms with van der Waals surface area (Å²) in [5.74, 6) is 0.315. The number of hydrogen-bond acceptors (Lipinski definition) is 7. The molecule has 0 bridgehead atoms. The first-order chi connectivity index (χ1) is 11.5. The molecule has 2 aromatic carbocycles. The third-order valence-electron chi connectivity index (χ3n) is 3.23. The number of rotatable bonds is 4. The summed E-state index contributed by atoms with van der Waals surface area (Å²) in [5.41, 5.74) is 2.48. The van der Waals surface area contributed by atoms with Crippen LogP contribution in [0.2, 0.25) is 0 Å². The third-order valence-corrected chi connectivity index (χ3v) is 3.23. The number of phenols is 1. The van der Waals surface area contributed by atoms with Gasteiger partial charge in [-0.1, -0.05) is 0 Å². The Bertz CT molecular complexity index is 849. The van der Waals surface area contributed by atoms with E-state index in [0.717, 1.165) is 18.3 Å². The topological polar surface area (TPSA) is 123 Å². The molecule has 9 nitrogen and oxygen atoms in total. The van der Waals surface area contributed by atoms with E-state index in [1.807, 2.05) is 0 Å². The molecule has 0 saturated heterocycles. The van der Waals surface area contributed by atoms with Crippen LogP contribution in [0.1, 0.15) is 15.9 Å². The van der Waals surface area contributed by atoms with Crippen LogP contribution in [0.25, 0.3) is 0 Å². The molecule has 0 aliphatic carbocycles. The van der Waals surface area contributed by atoms with Gasteiger partial charge >= 0.3 is 0 Å². The standard InChI is InChI=1S/C15H11N3O6/c19-12-3-2-11(18(21)22)5-10(12)7-16-17-15(20)9-1-4-13-14(6-9)24-8-23-13/h1-7,19H,8H2,(H,17,20). The van der Waals surface area contributed by atoms with Crippen molar-refractivity contribution < 1.29 is 24.3 Å². The van der Waals surface area contributed by atoms with Crippen molar-refractivity contribution in [1.82, 2.24) is 5.43 Å². The highest BCUT2D eigenvalue weighted by Gasteiger charge is 2.16. The molecule has 0 unspecified atom stereocenters. The average Bonchev–Trinajstić information content (AvgIpc) is 3.03. The van der Waals surface area contributed by atoms with E-state index in [9.17, 15) is 20.0 Å². The molecular formula is C15H11N3O6. The van der Waals surface area contributed by atoms with Crippen molar-refractivity contribution in [2.24, 2.45) is 5.10 Å². The Hall–Kier alpha value is -3.62. The number of hydrazone groups is 1. The van der Waals surface area contributed by atoms with Crippen LogP contribution in [0.4, 0.5) is 5.69 Å². The van der Waals surface area contributed by atoms with E-state index in [4.69, 9.17) is 9.47 Å². The van der Waals surface area contributed by atoms with Crippen molar-refractivity contribution in [3.05, 3.63) is 57.6 Å². The minimum absolute atomic E-state index is 0.102. The summed E-state index contributed by atoms with van der Waals surface area (Å²) in [7, 11) is 0. The second kappa shape index (κ2) is 6.24. The highest BCUT2D eigenvalue weighted by atomic mass is 16.7. The summed E-state index contributed by atoms with van der Waals surface area (Å²) in [6.45, 7) is 0.102. The molecule has 0 saturated carbocycles. The van der Waals surface area contributed by atoms with Crippen LogP contribution in [-0.4, -0.2) is 28.9 Å². The normalized spacial score (nSPS) is 12.3. The molecule has 24 heavy (non-hydrogen) atoms. The Morgan fingerprint density at radius 2 is 2.04 bits per heavy atom. The first-order valence-corrected chi connectivity index (χ1v) is 6.75. The molecule has 1 amide bonds. The summed E-state index contributed by atoms with van der Waals surface area (Å²) in [4.78, 5) is 22.1. The zero-order valence-corrected chi connectivity index (χ0v) is 12.1. The number of nitro benzene ring substituents is 1. The highest BCUT2D eigenvalue weighted by molar-refractivity contribution is 5.95. The monoisotopic (exact) mass is 329 g/mol. The fourth-order valence-electron chi connectivity index (χ4n) is 2.02. The van der Waals surface area contributed by atoms with Gasteiger partial charge in [0.2, 0.25) is 6.79 Å². The van der Waals surface area contributed by atoms with Crippen molar-refractivity contribution in [2.75, 3.05) is 6.79 Å². The van der Waals surface area contributed by atoms with Crippen molar-refractivity contribution in [3.8, 4) is 17.2 Å². The molecule has 3 rings (SSSR count). The number of carbonyl (C=O) groups is 1. The molecule has 1 aliphatic rings. The molecule has 122 valence electrons. The number of phenolic OH excluding ortho intramolecular Hbond substituents is 1. The van der Waals surface area contributed by atoms with Crippen LogP contribution < -0.4 is 14.9 Å². The molecule has 0 spiro atoms. The SMILES string of the molecule is O=C(NN=Cc1cc([N+](=O)[O-])ccc1O)c1ccc2c(c1)OCO2. The molecule has 1 heterocycles. The van der Waals surface area contributed by atoms with Crippen LogP contribution in [0.3, 0.4) is 0 Å². The van der Waals surface area contributed by atoms with E-state index in [-0.39, 0.29) is 23.8 Å². The minimum Gasteiger partial charge on any atom is -0.507 e. The van der Waals surface area contributed by atoms with Crippen molar-refractivity contribution in [1.29, 1.82) is 0 Å². The maximum atomic E-state index is 12.0. The molecule has 0 aromatic heterocycles. The van der Waals surface area contributed by atoms with Gasteiger partial charge in [-0.15, -0.1) is 0 Å². The van der Waals surface area contributed by atoms with Crippen molar-refractivity contribution in [2.45, 2.75) is 0 Å². The zero-order valence-electron chi connectivity index (χ0n) is 12.1. The molecule has 0 atom stereocenters. The van der Waals surface area contributed by atoms with Gasteiger partial charge in [-0.3, -0.25) is 14.9 Å². The Labute approximate surface area is 135 Å². The summed E-state index contributed by atoms with van der Waals surface area (Å²) >= 11 is 0. The Kier molecular flexibility index (Phi) is 3.98. The van der Waals surface area contributed by atoms with Gasteiger partial charge in [0.15, 0.2) is 11.5 Å². The van der Waals surface area contributed by atoms with Gasteiger partial charge in [0, 0.05) is 23.3 Å². The first-order valence-electron chi connectivity index (χ1n) is 6.75. The number of aromatic hydroxyl groups is 1. The lowest BCUT2D eigenvalue weighted by Gasteiger charge is -2.02. The molecule has 0 radical (unpaired) electrons. The predicted molar refractivity (Wildman–Crippen MR) is 82.4 cm³/mol. The number of fused-ring (bicyclic) bond motifs is 1. The average molecular weight is 329 g/mol. The van der Waals surface area contributed by atoms with E-state index in [1.165, 1.54) is 12.1 Å². The highest BCUT2D eigenvalue weighted by Crippen LogP contribution is 2.32. The maximum absolute atomic E-state index is 12.0. The number of nitro groups is 1. The van der Waals surface area contributed by atoms with E-state index in [2.05, 4.69) is 10.5 Å². The fourth-order valence-corrected chi connectivity index (χ4v) is 2.02. The number of hydrogen-bond donors (Lipinski definition) is 2. The number of carbonyl (C=O) groups excluding carboxylic acids is 1. The van der Waals surface area contributed by atoms with Crippen LogP contribution in [0.5, 0.6) is 17.2 Å². The Balaban J connectivity index is 1.71. The largest absolute Gasteiger partial charge is 0.507 e. The zero-order chi connectivity index (χ0) is 17.1.